The molecule has 170 valence electrons. The fourth-order valence-corrected chi connectivity index (χ4v) is 4.17. The molecule has 2 aromatic carbocycles. The van der Waals surface area contributed by atoms with Crippen molar-refractivity contribution in [3.8, 4) is 5.75 Å². The van der Waals surface area contributed by atoms with E-state index in [4.69, 9.17) is 14.2 Å². The molecule has 7 nitrogen and oxygen atoms in total. The number of nitrogens with one attached hydrogen (secondary N) is 1. The molecule has 2 aliphatic rings. The Morgan fingerprint density at radius 1 is 1.16 bits per heavy atom. The number of esters is 1. The highest BCUT2D eigenvalue weighted by Crippen LogP contribution is 2.41. The molecule has 32 heavy (non-hydrogen) atoms. The molecule has 0 radical (unpaired) electrons. The summed E-state index contributed by atoms with van der Waals surface area (Å²) in [5.41, 5.74) is 2.47. The van der Waals surface area contributed by atoms with Gasteiger partial charge in [-0.2, -0.15) is 0 Å². The molecule has 0 unspecified atom stereocenters. The number of hydrogen-bond donors (Lipinski definition) is 1. The predicted octanol–water partition coefficient (Wildman–Crippen LogP) is 3.98. The molecule has 2 aliphatic heterocycles. The second kappa shape index (κ2) is 9.20. The molecule has 0 spiro atoms. The summed E-state index contributed by atoms with van der Waals surface area (Å²) in [6.07, 6.45) is 0.0658. The van der Waals surface area contributed by atoms with E-state index in [1.807, 2.05) is 37.3 Å². The average Bonchev–Trinajstić information content (AvgIpc) is 2.80. The molecule has 2 aromatic rings. The molecular formula is C25H30N2O5. The van der Waals surface area contributed by atoms with Crippen molar-refractivity contribution in [2.24, 2.45) is 0 Å². The maximum atomic E-state index is 12.4. The van der Waals surface area contributed by atoms with E-state index >= 15 is 0 Å². The van der Waals surface area contributed by atoms with Crippen LogP contribution in [0.25, 0.3) is 0 Å². The average molecular weight is 439 g/mol. The summed E-state index contributed by atoms with van der Waals surface area (Å²) in [6.45, 7) is 8.77. The third-order valence-electron chi connectivity index (χ3n) is 6.18. The molecule has 0 aromatic heterocycles. The molecule has 0 saturated carbocycles. The minimum absolute atomic E-state index is 0.0360. The van der Waals surface area contributed by atoms with E-state index in [0.717, 1.165) is 43.2 Å². The fraction of sp³-hybridized carbons (Fsp3) is 0.440. The number of rotatable bonds is 6. The van der Waals surface area contributed by atoms with Gasteiger partial charge in [-0.1, -0.05) is 0 Å². The van der Waals surface area contributed by atoms with Gasteiger partial charge in [0, 0.05) is 36.4 Å². The quantitative estimate of drug-likeness (QED) is 0.684. The normalized spacial score (nSPS) is 22.5. The van der Waals surface area contributed by atoms with Gasteiger partial charge in [0.1, 0.15) is 11.9 Å². The van der Waals surface area contributed by atoms with Crippen LogP contribution in [0.3, 0.4) is 0 Å². The summed E-state index contributed by atoms with van der Waals surface area (Å²) in [6, 6.07) is 13.3. The van der Waals surface area contributed by atoms with Crippen LogP contribution < -0.4 is 15.0 Å². The smallest absolute Gasteiger partial charge is 0.338 e. The third-order valence-corrected chi connectivity index (χ3v) is 6.18. The summed E-state index contributed by atoms with van der Waals surface area (Å²) in [5, 5.41) is 3.34. The Bertz CT molecular complexity index is 984. The van der Waals surface area contributed by atoms with Crippen LogP contribution in [0.2, 0.25) is 0 Å². The number of carbonyl (C=O) groups is 2. The number of carbonyl (C=O) groups excluding carboxylic acids is 2. The van der Waals surface area contributed by atoms with Gasteiger partial charge in [0.25, 0.3) is 0 Å². The second-order valence-corrected chi connectivity index (χ2v) is 8.44. The first-order chi connectivity index (χ1) is 15.4. The lowest BCUT2D eigenvalue weighted by Gasteiger charge is -2.39. The van der Waals surface area contributed by atoms with Crippen molar-refractivity contribution in [3.63, 3.8) is 0 Å². The largest absolute Gasteiger partial charge is 0.486 e. The molecule has 2 atom stereocenters. The van der Waals surface area contributed by atoms with Crippen LogP contribution in [-0.2, 0) is 14.3 Å². The highest BCUT2D eigenvalue weighted by Gasteiger charge is 2.40. The lowest BCUT2D eigenvalue weighted by Crippen LogP contribution is -2.47. The summed E-state index contributed by atoms with van der Waals surface area (Å²) < 4.78 is 17.0. The number of fused-ring (bicyclic) bond motifs is 1. The Balaban J connectivity index is 1.60. The fourth-order valence-electron chi connectivity index (χ4n) is 4.17. The van der Waals surface area contributed by atoms with Gasteiger partial charge in [0.2, 0.25) is 0 Å². The van der Waals surface area contributed by atoms with Gasteiger partial charge in [-0.15, -0.1) is 0 Å². The van der Waals surface area contributed by atoms with Crippen LogP contribution in [0.15, 0.2) is 42.5 Å². The minimum atomic E-state index is -0.753. The molecule has 2 heterocycles. The van der Waals surface area contributed by atoms with Crippen molar-refractivity contribution in [1.82, 2.24) is 0 Å². The summed E-state index contributed by atoms with van der Waals surface area (Å²) in [5.74, 6) is 0.380. The van der Waals surface area contributed by atoms with Crippen molar-refractivity contribution in [2.45, 2.75) is 38.8 Å². The molecule has 0 amide bonds. The lowest BCUT2D eigenvalue weighted by molar-refractivity contribution is -0.121. The number of hydrogen-bond acceptors (Lipinski definition) is 7. The first-order valence-electron chi connectivity index (χ1n) is 11.1. The van der Waals surface area contributed by atoms with Gasteiger partial charge in [0.15, 0.2) is 5.78 Å². The van der Waals surface area contributed by atoms with E-state index in [1.54, 1.807) is 26.0 Å². The Labute approximate surface area is 188 Å². The van der Waals surface area contributed by atoms with Gasteiger partial charge < -0.3 is 24.4 Å². The lowest BCUT2D eigenvalue weighted by atomic mass is 9.82. The number of ketones is 1. The van der Waals surface area contributed by atoms with Gasteiger partial charge in [-0.05, 0) is 63.2 Å². The molecule has 0 aliphatic carbocycles. The van der Waals surface area contributed by atoms with Crippen molar-refractivity contribution >= 4 is 23.1 Å². The Morgan fingerprint density at radius 2 is 1.88 bits per heavy atom. The maximum absolute atomic E-state index is 12.4. The first kappa shape index (κ1) is 22.1. The molecule has 4 rings (SSSR count). The van der Waals surface area contributed by atoms with Crippen molar-refractivity contribution < 1.29 is 23.8 Å². The molecule has 1 saturated heterocycles. The van der Waals surface area contributed by atoms with Crippen LogP contribution in [0.1, 0.15) is 49.2 Å². The number of morpholine rings is 1. The minimum Gasteiger partial charge on any atom is -0.486 e. The van der Waals surface area contributed by atoms with E-state index < -0.39 is 5.54 Å². The molecule has 7 heteroatoms. The van der Waals surface area contributed by atoms with Crippen LogP contribution >= 0.6 is 0 Å². The second-order valence-electron chi connectivity index (χ2n) is 8.44. The van der Waals surface area contributed by atoms with Crippen molar-refractivity contribution in [3.05, 3.63) is 53.6 Å². The van der Waals surface area contributed by atoms with Gasteiger partial charge in [0.05, 0.1) is 30.9 Å². The van der Waals surface area contributed by atoms with Crippen LogP contribution in [0.5, 0.6) is 5.75 Å². The van der Waals surface area contributed by atoms with E-state index in [9.17, 15) is 9.59 Å². The van der Waals surface area contributed by atoms with E-state index in [1.165, 1.54) is 0 Å². The van der Waals surface area contributed by atoms with E-state index in [-0.39, 0.29) is 17.9 Å². The Morgan fingerprint density at radius 3 is 2.53 bits per heavy atom. The van der Waals surface area contributed by atoms with Gasteiger partial charge >= 0.3 is 5.97 Å². The van der Waals surface area contributed by atoms with Crippen LogP contribution in [0, 0.1) is 0 Å². The topological polar surface area (TPSA) is 77.1 Å². The Kier molecular flexibility index (Phi) is 6.37. The zero-order chi connectivity index (χ0) is 22.7. The van der Waals surface area contributed by atoms with Crippen LogP contribution in [0.4, 0.5) is 11.4 Å². The number of benzene rings is 2. The summed E-state index contributed by atoms with van der Waals surface area (Å²) >= 11 is 0. The highest BCUT2D eigenvalue weighted by molar-refractivity contribution is 5.92. The van der Waals surface area contributed by atoms with Gasteiger partial charge in [-0.25, -0.2) is 4.79 Å². The molecule has 1 N–H and O–H groups in total. The molecular weight excluding hydrogens is 408 g/mol. The maximum Gasteiger partial charge on any atom is 0.338 e. The van der Waals surface area contributed by atoms with E-state index in [0.29, 0.717) is 24.3 Å². The number of ether oxygens (including phenoxy) is 3. The third kappa shape index (κ3) is 4.58. The van der Waals surface area contributed by atoms with Crippen LogP contribution in [-0.4, -0.2) is 50.2 Å². The standard InChI is InChI=1S/C25H30N2O5/c1-4-31-24(29)18-5-10-22-21(15-18)23(16-25(3,26-22)17(2)28)32-20-8-6-19(7-9-20)27-11-13-30-14-12-27/h5-10,15,23,26H,4,11-14,16H2,1-3H3/t23-,25-/m0/s1. The van der Waals surface area contributed by atoms with Crippen molar-refractivity contribution in [1.29, 1.82) is 0 Å². The summed E-state index contributed by atoms with van der Waals surface area (Å²) in [7, 11) is 0. The van der Waals surface area contributed by atoms with E-state index in [2.05, 4.69) is 10.2 Å². The molecule has 0 bridgehead atoms. The first-order valence-corrected chi connectivity index (χ1v) is 11.1. The summed E-state index contributed by atoms with van der Waals surface area (Å²) in [4.78, 5) is 27.0. The number of Topliss-reactive ketones (excluding diaryl/α,β-unsaturated/α-hetero) is 1. The monoisotopic (exact) mass is 438 g/mol. The van der Waals surface area contributed by atoms with Crippen molar-refractivity contribution in [2.75, 3.05) is 43.1 Å². The predicted molar refractivity (Wildman–Crippen MR) is 123 cm³/mol. The SMILES string of the molecule is CCOC(=O)c1ccc2c(c1)[C@@H](Oc1ccc(N3CCOCC3)cc1)C[C@@](C)(C(C)=O)N2. The highest BCUT2D eigenvalue weighted by atomic mass is 16.5. The number of nitrogens with zero attached hydrogens (tertiary/aromatic N) is 1. The zero-order valence-electron chi connectivity index (χ0n) is 18.8. The molecule has 1 fully saturated rings. The Hall–Kier alpha value is -3.06. The van der Waals surface area contributed by atoms with Gasteiger partial charge in [-0.3, -0.25) is 4.79 Å². The number of anilines is 2. The zero-order valence-corrected chi connectivity index (χ0v) is 18.8.